The van der Waals surface area contributed by atoms with Gasteiger partial charge in [-0.3, -0.25) is 15.2 Å². The molecule has 0 saturated heterocycles. The normalized spacial score (nSPS) is 10.3. The van der Waals surface area contributed by atoms with Crippen LogP contribution in [0.1, 0.15) is 17.7 Å². The molecule has 0 saturated carbocycles. The average Bonchev–Trinajstić information content (AvgIpc) is 2.91. The molecule has 0 unspecified atom stereocenters. The Bertz CT molecular complexity index is 716. The van der Waals surface area contributed by atoms with Gasteiger partial charge in [0, 0.05) is 24.4 Å². The van der Waals surface area contributed by atoms with Crippen LogP contribution in [0.4, 0.5) is 16.2 Å². The van der Waals surface area contributed by atoms with Gasteiger partial charge in [-0.25, -0.2) is 4.79 Å². The number of nitro groups is 1. The highest BCUT2D eigenvalue weighted by molar-refractivity contribution is 6.33. The summed E-state index contributed by atoms with van der Waals surface area (Å²) in [5.41, 5.74) is 2.33. The number of carbonyl (C=O) groups excluding carboxylic acids is 1. The molecule has 2 amide bonds. The summed E-state index contributed by atoms with van der Waals surface area (Å²) in [6, 6.07) is 3.46. The number of nitrogens with one attached hydrogen (secondary N) is 3. The molecule has 0 atom stereocenters. The van der Waals surface area contributed by atoms with Crippen LogP contribution in [0.25, 0.3) is 0 Å². The van der Waals surface area contributed by atoms with Crippen LogP contribution in [0.5, 0.6) is 0 Å². The summed E-state index contributed by atoms with van der Waals surface area (Å²) in [7, 11) is 0. The third-order valence-electron chi connectivity index (χ3n) is 3.25. The maximum Gasteiger partial charge on any atom is 0.319 e. The fourth-order valence-electron chi connectivity index (χ4n) is 1.99. The van der Waals surface area contributed by atoms with Gasteiger partial charge in [-0.15, -0.1) is 0 Å². The standard InChI is InChI=1S/C14H16ClN5O3/c1-9-10(8-17-19-9)3-2-6-16-14(21)18-13-5-4-11(20(22)23)7-12(13)15/h4-5,7-8H,2-3,6H2,1H3,(H,17,19)(H2,16,18,21). The quantitative estimate of drug-likeness (QED) is 0.427. The first-order chi connectivity index (χ1) is 11.0. The zero-order chi connectivity index (χ0) is 16.8. The van der Waals surface area contributed by atoms with Gasteiger partial charge >= 0.3 is 6.03 Å². The largest absolute Gasteiger partial charge is 0.338 e. The van der Waals surface area contributed by atoms with Crippen LogP contribution in [-0.2, 0) is 6.42 Å². The van der Waals surface area contributed by atoms with Crippen molar-refractivity contribution in [1.29, 1.82) is 0 Å². The highest BCUT2D eigenvalue weighted by Gasteiger charge is 2.11. The SMILES string of the molecule is Cc1[nH]ncc1CCCNC(=O)Nc1ccc([N+](=O)[O-])cc1Cl. The van der Waals surface area contributed by atoms with Crippen molar-refractivity contribution >= 4 is 29.0 Å². The number of aromatic nitrogens is 2. The summed E-state index contributed by atoms with van der Waals surface area (Å²) >= 11 is 5.91. The summed E-state index contributed by atoms with van der Waals surface area (Å²) in [5, 5.41) is 22.8. The molecule has 1 aromatic heterocycles. The molecule has 23 heavy (non-hydrogen) atoms. The van der Waals surface area contributed by atoms with Gasteiger partial charge < -0.3 is 10.6 Å². The fraction of sp³-hybridized carbons (Fsp3) is 0.286. The number of hydrogen-bond donors (Lipinski definition) is 3. The van der Waals surface area contributed by atoms with Gasteiger partial charge in [-0.2, -0.15) is 5.10 Å². The van der Waals surface area contributed by atoms with Gasteiger partial charge in [0.25, 0.3) is 5.69 Å². The van der Waals surface area contributed by atoms with Gasteiger partial charge in [-0.1, -0.05) is 11.6 Å². The van der Waals surface area contributed by atoms with Crippen molar-refractivity contribution in [3.05, 3.63) is 50.8 Å². The van der Waals surface area contributed by atoms with Crippen molar-refractivity contribution in [2.45, 2.75) is 19.8 Å². The second-order valence-corrected chi connectivity index (χ2v) is 5.33. The molecule has 3 N–H and O–H groups in total. The van der Waals surface area contributed by atoms with Gasteiger partial charge in [-0.05, 0) is 31.4 Å². The maximum atomic E-state index is 11.8. The lowest BCUT2D eigenvalue weighted by Gasteiger charge is -2.08. The van der Waals surface area contributed by atoms with E-state index in [-0.39, 0.29) is 10.7 Å². The van der Waals surface area contributed by atoms with E-state index in [1.807, 2.05) is 6.92 Å². The topological polar surface area (TPSA) is 113 Å². The van der Waals surface area contributed by atoms with Crippen LogP contribution in [-0.4, -0.2) is 27.7 Å². The van der Waals surface area contributed by atoms with Crippen LogP contribution in [0.15, 0.2) is 24.4 Å². The second-order valence-electron chi connectivity index (χ2n) is 4.93. The third-order valence-corrected chi connectivity index (χ3v) is 3.57. The van der Waals surface area contributed by atoms with Crippen LogP contribution in [0.3, 0.4) is 0 Å². The number of benzene rings is 1. The number of urea groups is 1. The van der Waals surface area contributed by atoms with Crippen molar-refractivity contribution in [2.24, 2.45) is 0 Å². The summed E-state index contributed by atoms with van der Waals surface area (Å²) in [6.45, 7) is 2.43. The van der Waals surface area contributed by atoms with Crippen LogP contribution in [0.2, 0.25) is 5.02 Å². The number of nitro benzene ring substituents is 1. The first-order valence-electron chi connectivity index (χ1n) is 6.95. The minimum absolute atomic E-state index is 0.114. The van der Waals surface area contributed by atoms with Crippen molar-refractivity contribution in [2.75, 3.05) is 11.9 Å². The zero-order valence-electron chi connectivity index (χ0n) is 12.4. The summed E-state index contributed by atoms with van der Waals surface area (Å²) in [6.07, 6.45) is 3.34. The van der Waals surface area contributed by atoms with E-state index in [0.29, 0.717) is 12.2 Å². The highest BCUT2D eigenvalue weighted by Crippen LogP contribution is 2.26. The van der Waals surface area contributed by atoms with E-state index in [1.54, 1.807) is 6.20 Å². The van der Waals surface area contributed by atoms with Crippen LogP contribution >= 0.6 is 11.6 Å². The van der Waals surface area contributed by atoms with E-state index in [4.69, 9.17) is 11.6 Å². The summed E-state index contributed by atoms with van der Waals surface area (Å²) < 4.78 is 0. The molecule has 8 nitrogen and oxygen atoms in total. The van der Waals surface area contributed by atoms with Crippen LogP contribution < -0.4 is 10.6 Å². The number of rotatable bonds is 6. The molecule has 2 aromatic rings. The minimum atomic E-state index is -0.548. The number of nitrogens with zero attached hydrogens (tertiary/aromatic N) is 2. The van der Waals surface area contributed by atoms with E-state index in [0.717, 1.165) is 24.1 Å². The number of aromatic amines is 1. The molecule has 1 heterocycles. The lowest BCUT2D eigenvalue weighted by Crippen LogP contribution is -2.29. The molecular weight excluding hydrogens is 322 g/mol. The number of carbonyl (C=O) groups is 1. The Hall–Kier alpha value is -2.61. The molecule has 0 aliphatic heterocycles. The van der Waals surface area contributed by atoms with Crippen molar-refractivity contribution in [3.8, 4) is 0 Å². The van der Waals surface area contributed by atoms with E-state index < -0.39 is 11.0 Å². The minimum Gasteiger partial charge on any atom is -0.338 e. The lowest BCUT2D eigenvalue weighted by molar-refractivity contribution is -0.384. The molecule has 1 aromatic carbocycles. The number of aryl methyl sites for hydroxylation is 2. The Morgan fingerprint density at radius 3 is 2.87 bits per heavy atom. The number of amides is 2. The number of H-pyrrole nitrogens is 1. The molecule has 0 fully saturated rings. The van der Waals surface area contributed by atoms with E-state index in [9.17, 15) is 14.9 Å². The number of non-ortho nitro benzene ring substituents is 1. The Morgan fingerprint density at radius 2 is 2.26 bits per heavy atom. The van der Waals surface area contributed by atoms with Crippen molar-refractivity contribution in [3.63, 3.8) is 0 Å². The van der Waals surface area contributed by atoms with Gasteiger partial charge in [0.1, 0.15) is 0 Å². The molecule has 2 rings (SSSR count). The zero-order valence-corrected chi connectivity index (χ0v) is 13.2. The maximum absolute atomic E-state index is 11.8. The summed E-state index contributed by atoms with van der Waals surface area (Å²) in [4.78, 5) is 21.9. The number of halogens is 1. The lowest BCUT2D eigenvalue weighted by atomic mass is 10.1. The molecule has 122 valence electrons. The van der Waals surface area contributed by atoms with Crippen molar-refractivity contribution in [1.82, 2.24) is 15.5 Å². The highest BCUT2D eigenvalue weighted by atomic mass is 35.5. The molecule has 9 heteroatoms. The van der Waals surface area contributed by atoms with Gasteiger partial charge in [0.05, 0.1) is 21.8 Å². The first-order valence-corrected chi connectivity index (χ1v) is 7.33. The Morgan fingerprint density at radius 1 is 1.48 bits per heavy atom. The average molecular weight is 338 g/mol. The molecule has 0 bridgehead atoms. The Labute approximate surface area is 137 Å². The third kappa shape index (κ3) is 4.68. The predicted molar refractivity (Wildman–Crippen MR) is 86.8 cm³/mol. The van der Waals surface area contributed by atoms with E-state index in [2.05, 4.69) is 20.8 Å². The van der Waals surface area contributed by atoms with Crippen LogP contribution in [0, 0.1) is 17.0 Å². The van der Waals surface area contributed by atoms with Gasteiger partial charge in [0.15, 0.2) is 0 Å². The smallest absolute Gasteiger partial charge is 0.319 e. The predicted octanol–water partition coefficient (Wildman–Crippen LogP) is 3.03. The molecule has 0 aliphatic rings. The van der Waals surface area contributed by atoms with E-state index in [1.165, 1.54) is 18.2 Å². The summed E-state index contributed by atoms with van der Waals surface area (Å²) in [5.74, 6) is 0. The number of hydrogen-bond acceptors (Lipinski definition) is 4. The van der Waals surface area contributed by atoms with E-state index >= 15 is 0 Å². The molecule has 0 radical (unpaired) electrons. The Kier molecular flexibility index (Phi) is 5.53. The monoisotopic (exact) mass is 337 g/mol. The van der Waals surface area contributed by atoms with Gasteiger partial charge in [0.2, 0.25) is 0 Å². The van der Waals surface area contributed by atoms with Crippen molar-refractivity contribution < 1.29 is 9.72 Å². The molecule has 0 spiro atoms. The Balaban J connectivity index is 1.78. The molecular formula is C14H16ClN5O3. The number of anilines is 1. The second kappa shape index (κ2) is 7.59. The fourth-order valence-corrected chi connectivity index (χ4v) is 2.22. The molecule has 0 aliphatic carbocycles. The first kappa shape index (κ1) is 16.8.